The number of piperazine rings is 1. The molecule has 2 aromatic rings. The van der Waals surface area contributed by atoms with E-state index >= 15 is 0 Å². The number of nitriles is 1. The van der Waals surface area contributed by atoms with E-state index in [0.29, 0.717) is 49.2 Å². The number of ether oxygens (including phenoxy) is 2. The number of benzene rings is 2. The highest BCUT2D eigenvalue weighted by Gasteiger charge is 2.36. The summed E-state index contributed by atoms with van der Waals surface area (Å²) in [5.74, 6) is 1.24. The molecule has 48 heavy (non-hydrogen) atoms. The maximum atomic E-state index is 13.8. The maximum absolute atomic E-state index is 13.8. The van der Waals surface area contributed by atoms with E-state index in [-0.39, 0.29) is 24.5 Å². The van der Waals surface area contributed by atoms with Gasteiger partial charge in [0.25, 0.3) is 0 Å². The Labute approximate surface area is 287 Å². The van der Waals surface area contributed by atoms with Crippen molar-refractivity contribution in [2.45, 2.75) is 90.3 Å². The lowest BCUT2D eigenvalue weighted by Crippen LogP contribution is -2.60. The number of likely N-dealkylation sites (tertiary alicyclic amines) is 1. The number of amides is 2. The van der Waals surface area contributed by atoms with Crippen LogP contribution in [0.3, 0.4) is 0 Å². The fraction of sp³-hybridized carbons (Fsp3) is 0.564. The zero-order valence-electron chi connectivity index (χ0n) is 29.3. The van der Waals surface area contributed by atoms with Gasteiger partial charge in [-0.05, 0) is 87.5 Å². The zero-order chi connectivity index (χ0) is 34.3. The van der Waals surface area contributed by atoms with Crippen LogP contribution in [0.25, 0.3) is 0 Å². The molecule has 2 heterocycles. The molecule has 9 nitrogen and oxygen atoms in total. The van der Waals surface area contributed by atoms with Crippen molar-refractivity contribution in [3.63, 3.8) is 0 Å². The molecule has 0 saturated carbocycles. The first kappa shape index (κ1) is 36.8. The Kier molecular flexibility index (Phi) is 14.6. The van der Waals surface area contributed by atoms with Gasteiger partial charge in [-0.25, -0.2) is 0 Å². The quantitative estimate of drug-likeness (QED) is 0.155. The van der Waals surface area contributed by atoms with E-state index in [1.54, 1.807) is 23.1 Å². The summed E-state index contributed by atoms with van der Waals surface area (Å²) in [5.41, 5.74) is 2.34. The first-order valence-corrected chi connectivity index (χ1v) is 17.8. The standard InChI is InChI=1S/C39H55N5O4/c1-5-30(2)25-37(33-15-9-6-10-16-33)48-31(3)43-23-24-44(38(45)17-11-7-12-20-42-21-13-8-14-22-42)35(29-43)39(46)41-28-32-18-19-34(27-40)36(26-32)47-4/h6,9-10,15-16,18-19,26,30,35,37H,3,5,7-8,11-14,17,20-25,28-29H2,1-2,4H3,(H,41,46). The molecule has 0 bridgehead atoms. The molecule has 1 N–H and O–H groups in total. The number of nitrogens with zero attached hydrogens (tertiary/aromatic N) is 4. The number of carbonyl (C=O) groups is 2. The second-order valence-electron chi connectivity index (χ2n) is 13.3. The van der Waals surface area contributed by atoms with E-state index < -0.39 is 6.04 Å². The van der Waals surface area contributed by atoms with Crippen LogP contribution in [0, 0.1) is 17.2 Å². The lowest BCUT2D eigenvalue weighted by atomic mass is 9.96. The van der Waals surface area contributed by atoms with Crippen molar-refractivity contribution in [2.24, 2.45) is 5.92 Å². The molecule has 0 aliphatic carbocycles. The summed E-state index contributed by atoms with van der Waals surface area (Å²) in [5, 5.41) is 12.4. The maximum Gasteiger partial charge on any atom is 0.244 e. The molecule has 3 unspecified atom stereocenters. The van der Waals surface area contributed by atoms with Crippen LogP contribution in [0.4, 0.5) is 0 Å². The fourth-order valence-electron chi connectivity index (χ4n) is 6.58. The van der Waals surface area contributed by atoms with E-state index in [1.807, 2.05) is 23.1 Å². The third-order valence-electron chi connectivity index (χ3n) is 9.79. The summed E-state index contributed by atoms with van der Waals surface area (Å²) in [6.07, 6.45) is 8.99. The average molecular weight is 658 g/mol. The number of hydrogen-bond donors (Lipinski definition) is 1. The molecular formula is C39H55N5O4. The SMILES string of the molecule is C=C(OC(CC(C)CC)c1ccccc1)N1CCN(C(=O)CCCCCN2CCCCC2)C(C(=O)NCc2ccc(C#N)c(OC)c2)C1. The van der Waals surface area contributed by atoms with Gasteiger partial charge in [0.05, 0.1) is 19.2 Å². The van der Waals surface area contributed by atoms with Gasteiger partial charge in [0, 0.05) is 26.1 Å². The van der Waals surface area contributed by atoms with E-state index in [0.717, 1.165) is 49.8 Å². The second-order valence-corrected chi connectivity index (χ2v) is 13.3. The molecule has 9 heteroatoms. The number of unbranched alkanes of at least 4 members (excludes halogenated alkanes) is 2. The van der Waals surface area contributed by atoms with Gasteiger partial charge in [-0.3, -0.25) is 9.59 Å². The second kappa shape index (κ2) is 19.1. The van der Waals surface area contributed by atoms with Crippen molar-refractivity contribution in [3.05, 3.63) is 77.7 Å². The van der Waals surface area contributed by atoms with Crippen LogP contribution >= 0.6 is 0 Å². The van der Waals surface area contributed by atoms with Crippen LogP contribution in [0.2, 0.25) is 0 Å². The highest BCUT2D eigenvalue weighted by molar-refractivity contribution is 5.88. The summed E-state index contributed by atoms with van der Waals surface area (Å²) < 4.78 is 11.9. The number of piperidine rings is 1. The van der Waals surface area contributed by atoms with Crippen LogP contribution in [0.1, 0.15) is 94.4 Å². The molecule has 2 amide bonds. The Balaban J connectivity index is 1.41. The van der Waals surface area contributed by atoms with Crippen molar-refractivity contribution < 1.29 is 19.1 Å². The van der Waals surface area contributed by atoms with E-state index in [9.17, 15) is 14.9 Å². The lowest BCUT2D eigenvalue weighted by Gasteiger charge is -2.42. The molecule has 2 saturated heterocycles. The molecule has 2 aliphatic heterocycles. The highest BCUT2D eigenvalue weighted by Crippen LogP contribution is 2.30. The smallest absolute Gasteiger partial charge is 0.244 e. The Bertz CT molecular complexity index is 1370. The predicted octanol–water partition coefficient (Wildman–Crippen LogP) is 6.41. The molecule has 0 radical (unpaired) electrons. The van der Waals surface area contributed by atoms with E-state index in [4.69, 9.17) is 9.47 Å². The summed E-state index contributed by atoms with van der Waals surface area (Å²) in [4.78, 5) is 33.7. The topological polar surface area (TPSA) is 98.1 Å². The van der Waals surface area contributed by atoms with Crippen molar-refractivity contribution in [3.8, 4) is 11.8 Å². The fourth-order valence-corrected chi connectivity index (χ4v) is 6.58. The van der Waals surface area contributed by atoms with Crippen molar-refractivity contribution in [1.29, 1.82) is 5.26 Å². The number of rotatable bonds is 17. The summed E-state index contributed by atoms with van der Waals surface area (Å²) in [6, 6.07) is 16.9. The third-order valence-corrected chi connectivity index (χ3v) is 9.79. The van der Waals surface area contributed by atoms with Crippen molar-refractivity contribution in [1.82, 2.24) is 20.0 Å². The van der Waals surface area contributed by atoms with Crippen LogP contribution in [-0.2, 0) is 20.9 Å². The monoisotopic (exact) mass is 657 g/mol. The Morgan fingerprint density at radius 2 is 1.81 bits per heavy atom. The molecule has 260 valence electrons. The van der Waals surface area contributed by atoms with Gasteiger partial charge in [-0.1, -0.05) is 69.5 Å². The number of carbonyl (C=O) groups excluding carboxylic acids is 2. The molecule has 2 aromatic carbocycles. The Morgan fingerprint density at radius 3 is 2.52 bits per heavy atom. The van der Waals surface area contributed by atoms with Gasteiger partial charge in [0.15, 0.2) is 5.88 Å². The molecule has 0 aromatic heterocycles. The zero-order valence-corrected chi connectivity index (χ0v) is 29.3. The predicted molar refractivity (Wildman–Crippen MR) is 189 cm³/mol. The van der Waals surface area contributed by atoms with E-state index in [2.05, 4.69) is 48.8 Å². The number of nitrogens with one attached hydrogen (secondary N) is 1. The van der Waals surface area contributed by atoms with Gasteiger partial charge >= 0.3 is 0 Å². The molecular weight excluding hydrogens is 602 g/mol. The van der Waals surface area contributed by atoms with Crippen LogP contribution < -0.4 is 10.1 Å². The van der Waals surface area contributed by atoms with Gasteiger partial charge < -0.3 is 29.5 Å². The summed E-state index contributed by atoms with van der Waals surface area (Å²) in [7, 11) is 1.52. The normalized spacial score (nSPS) is 18.0. The van der Waals surface area contributed by atoms with Crippen LogP contribution in [0.15, 0.2) is 61.0 Å². The van der Waals surface area contributed by atoms with Gasteiger partial charge in [-0.2, -0.15) is 5.26 Å². The molecule has 3 atom stereocenters. The highest BCUT2D eigenvalue weighted by atomic mass is 16.5. The molecule has 2 fully saturated rings. The van der Waals surface area contributed by atoms with Gasteiger partial charge in [0.2, 0.25) is 11.8 Å². The van der Waals surface area contributed by atoms with Crippen molar-refractivity contribution in [2.75, 3.05) is 46.4 Å². The molecule has 0 spiro atoms. The minimum Gasteiger partial charge on any atom is -0.495 e. The Hall–Kier alpha value is -4.03. The minimum absolute atomic E-state index is 0.0123. The van der Waals surface area contributed by atoms with Crippen LogP contribution in [-0.4, -0.2) is 78.9 Å². The first-order valence-electron chi connectivity index (χ1n) is 17.8. The van der Waals surface area contributed by atoms with Crippen molar-refractivity contribution >= 4 is 11.8 Å². The number of methoxy groups -OCH3 is 1. The summed E-state index contributed by atoms with van der Waals surface area (Å²) >= 11 is 0. The molecule has 4 rings (SSSR count). The minimum atomic E-state index is -0.690. The third kappa shape index (κ3) is 10.7. The largest absolute Gasteiger partial charge is 0.495 e. The average Bonchev–Trinajstić information content (AvgIpc) is 3.13. The number of hydrogen-bond acceptors (Lipinski definition) is 7. The summed E-state index contributed by atoms with van der Waals surface area (Å²) in [6.45, 7) is 13.7. The van der Waals surface area contributed by atoms with Gasteiger partial charge in [-0.15, -0.1) is 0 Å². The van der Waals surface area contributed by atoms with Crippen LogP contribution in [0.5, 0.6) is 5.75 Å². The van der Waals surface area contributed by atoms with Gasteiger partial charge in [0.1, 0.15) is 24.0 Å². The first-order chi connectivity index (χ1) is 23.3. The Morgan fingerprint density at radius 1 is 1.04 bits per heavy atom. The van der Waals surface area contributed by atoms with E-state index in [1.165, 1.54) is 39.5 Å². The molecule has 2 aliphatic rings. The lowest BCUT2D eigenvalue weighted by molar-refractivity contribution is -0.144.